The number of aromatic nitrogens is 2. The van der Waals surface area contributed by atoms with E-state index in [0.717, 1.165) is 16.6 Å². The van der Waals surface area contributed by atoms with Crippen LogP contribution in [0.1, 0.15) is 18.4 Å². The number of nitrogens with one attached hydrogen (secondary N) is 1. The van der Waals surface area contributed by atoms with E-state index < -0.39 is 5.54 Å². The third-order valence-corrected chi connectivity index (χ3v) is 5.42. The van der Waals surface area contributed by atoms with Crippen molar-refractivity contribution >= 4 is 47.4 Å². The molecule has 0 bridgehead atoms. The molecule has 0 atom stereocenters. The Morgan fingerprint density at radius 2 is 1.90 bits per heavy atom. The Balaban J connectivity index is 0.00000160. The number of amides is 1. The van der Waals surface area contributed by atoms with Crippen LogP contribution in [0.15, 0.2) is 36.4 Å². The van der Waals surface area contributed by atoms with Crippen molar-refractivity contribution in [1.29, 1.82) is 0 Å². The van der Waals surface area contributed by atoms with Crippen molar-refractivity contribution in [2.24, 2.45) is 12.8 Å². The Hall–Kier alpha value is -2.19. The highest BCUT2D eigenvalue weighted by Gasteiger charge is 2.36. The van der Waals surface area contributed by atoms with Crippen LogP contribution in [0.25, 0.3) is 22.4 Å². The van der Waals surface area contributed by atoms with Crippen LogP contribution in [-0.2, 0) is 16.6 Å². The van der Waals surface area contributed by atoms with Gasteiger partial charge in [-0.1, -0.05) is 12.1 Å². The molecule has 4 rings (SSSR count). The minimum atomic E-state index is -0.921. The number of benzene rings is 2. The largest absolute Gasteiger partial charge is 0.381 e. The first-order chi connectivity index (χ1) is 13.4. The van der Waals surface area contributed by atoms with Crippen molar-refractivity contribution in [1.82, 2.24) is 9.55 Å². The second-order valence-electron chi connectivity index (χ2n) is 7.38. The van der Waals surface area contributed by atoms with Gasteiger partial charge in [-0.15, -0.1) is 24.8 Å². The van der Waals surface area contributed by atoms with Gasteiger partial charge in [0.05, 0.1) is 11.0 Å². The summed E-state index contributed by atoms with van der Waals surface area (Å²) in [6, 6.07) is 10.3. The number of hydrogen-bond donors (Lipinski definition) is 2. The molecule has 1 aromatic heterocycles. The number of ether oxygens (including phenoxy) is 1. The fraction of sp³-hybridized carbons (Fsp3) is 0.333. The summed E-state index contributed by atoms with van der Waals surface area (Å²) in [5, 5.41) is 2.98. The third kappa shape index (κ3) is 4.44. The van der Waals surface area contributed by atoms with Gasteiger partial charge in [0.15, 0.2) is 0 Å². The summed E-state index contributed by atoms with van der Waals surface area (Å²) < 4.78 is 20.8. The Morgan fingerprint density at radius 3 is 2.60 bits per heavy atom. The normalized spacial score (nSPS) is 15.2. The predicted molar refractivity (Wildman–Crippen MR) is 121 cm³/mol. The molecule has 1 aliphatic heterocycles. The second-order valence-corrected chi connectivity index (χ2v) is 7.38. The maximum absolute atomic E-state index is 13.5. The van der Waals surface area contributed by atoms with Crippen molar-refractivity contribution < 1.29 is 13.9 Å². The topological polar surface area (TPSA) is 82.2 Å². The average Bonchev–Trinajstić information content (AvgIpc) is 3.00. The summed E-state index contributed by atoms with van der Waals surface area (Å²) in [4.78, 5) is 17.3. The zero-order valence-electron chi connectivity index (χ0n) is 16.8. The Labute approximate surface area is 186 Å². The predicted octanol–water partition coefficient (Wildman–Crippen LogP) is 3.98. The molecule has 0 saturated carbocycles. The number of fused-ring (bicyclic) bond motifs is 1. The zero-order chi connectivity index (χ0) is 19.9. The number of nitrogens with two attached hydrogens (primary N) is 1. The lowest BCUT2D eigenvalue weighted by molar-refractivity contribution is -0.124. The van der Waals surface area contributed by atoms with Crippen LogP contribution in [-0.4, -0.2) is 34.2 Å². The molecular weight excluding hydrogens is 430 g/mol. The summed E-state index contributed by atoms with van der Waals surface area (Å²) in [6.45, 7) is 2.90. The van der Waals surface area contributed by atoms with Gasteiger partial charge in [-0.2, -0.15) is 0 Å². The van der Waals surface area contributed by atoms with Crippen molar-refractivity contribution in [2.75, 3.05) is 18.5 Å². The number of halogens is 3. The van der Waals surface area contributed by atoms with Gasteiger partial charge in [-0.25, -0.2) is 9.37 Å². The third-order valence-electron chi connectivity index (χ3n) is 5.42. The minimum absolute atomic E-state index is 0. The highest BCUT2D eigenvalue weighted by atomic mass is 35.5. The molecule has 0 spiro atoms. The summed E-state index contributed by atoms with van der Waals surface area (Å²) in [7, 11) is 1.89. The number of imidazole rings is 1. The van der Waals surface area contributed by atoms with Crippen LogP contribution in [0.4, 0.5) is 10.1 Å². The smallest absolute Gasteiger partial charge is 0.244 e. The maximum Gasteiger partial charge on any atom is 0.244 e. The van der Waals surface area contributed by atoms with Crippen LogP contribution >= 0.6 is 24.8 Å². The average molecular weight is 455 g/mol. The van der Waals surface area contributed by atoms with Gasteiger partial charge in [0.2, 0.25) is 5.91 Å². The lowest BCUT2D eigenvalue weighted by Gasteiger charge is -2.32. The van der Waals surface area contributed by atoms with Gasteiger partial charge in [0.25, 0.3) is 0 Å². The molecule has 1 fully saturated rings. The molecule has 1 amide bonds. The Morgan fingerprint density at radius 1 is 1.20 bits per heavy atom. The summed E-state index contributed by atoms with van der Waals surface area (Å²) in [6.07, 6.45) is 0.988. The van der Waals surface area contributed by atoms with E-state index in [9.17, 15) is 9.18 Å². The summed E-state index contributed by atoms with van der Waals surface area (Å²) in [5.74, 6) is 0.173. The highest BCUT2D eigenvalue weighted by Crippen LogP contribution is 2.29. The first-order valence-electron chi connectivity index (χ1n) is 9.28. The van der Waals surface area contributed by atoms with Gasteiger partial charge in [-0.05, 0) is 43.5 Å². The number of anilines is 1. The van der Waals surface area contributed by atoms with Crippen LogP contribution in [0.2, 0.25) is 0 Å². The number of hydrogen-bond acceptors (Lipinski definition) is 4. The maximum atomic E-state index is 13.5. The molecule has 30 heavy (non-hydrogen) atoms. The molecule has 0 aliphatic carbocycles. The van der Waals surface area contributed by atoms with Crippen molar-refractivity contribution in [3.05, 3.63) is 47.8 Å². The van der Waals surface area contributed by atoms with Crippen LogP contribution < -0.4 is 11.1 Å². The van der Waals surface area contributed by atoms with Gasteiger partial charge in [-0.3, -0.25) is 4.79 Å². The Bertz CT molecular complexity index is 1060. The lowest BCUT2D eigenvalue weighted by Crippen LogP contribution is -2.54. The van der Waals surface area contributed by atoms with Gasteiger partial charge >= 0.3 is 0 Å². The number of carbonyl (C=O) groups excluding carboxylic acids is 1. The first kappa shape index (κ1) is 24.1. The number of carbonyl (C=O) groups is 1. The molecule has 2 heterocycles. The Kier molecular flexibility index (Phi) is 7.47. The SMILES string of the molecule is Cc1ccc(-c2nc3cc(F)ccc3n2C)cc1NC(=O)C1(N)CCOCC1.Cl.Cl. The minimum Gasteiger partial charge on any atom is -0.381 e. The van der Waals surface area contributed by atoms with Gasteiger partial charge < -0.3 is 20.4 Å². The number of aryl methyl sites for hydroxylation is 2. The molecule has 3 aromatic rings. The van der Waals surface area contributed by atoms with Gasteiger partial charge in [0, 0.05) is 37.6 Å². The first-order valence-corrected chi connectivity index (χ1v) is 9.28. The van der Waals surface area contributed by atoms with Crippen molar-refractivity contribution in [3.63, 3.8) is 0 Å². The molecular formula is C21H25Cl2FN4O2. The molecule has 6 nitrogen and oxygen atoms in total. The lowest BCUT2D eigenvalue weighted by atomic mass is 9.90. The van der Waals surface area contributed by atoms with Crippen molar-refractivity contribution in [2.45, 2.75) is 25.3 Å². The molecule has 9 heteroatoms. The monoisotopic (exact) mass is 454 g/mol. The number of nitrogens with zero attached hydrogens (tertiary/aromatic N) is 2. The molecule has 1 saturated heterocycles. The summed E-state index contributed by atoms with van der Waals surface area (Å²) >= 11 is 0. The molecule has 1 aliphatic rings. The van der Waals surface area contributed by atoms with E-state index >= 15 is 0 Å². The van der Waals surface area contributed by atoms with E-state index in [4.69, 9.17) is 10.5 Å². The molecule has 0 radical (unpaired) electrons. The fourth-order valence-electron chi connectivity index (χ4n) is 3.54. The fourth-order valence-corrected chi connectivity index (χ4v) is 3.54. The second kappa shape index (κ2) is 9.31. The van der Waals surface area contributed by atoms with E-state index in [-0.39, 0.29) is 36.5 Å². The van der Waals surface area contributed by atoms with Crippen molar-refractivity contribution in [3.8, 4) is 11.4 Å². The summed E-state index contributed by atoms with van der Waals surface area (Å²) in [5.41, 5.74) is 9.25. The van der Waals surface area contributed by atoms with E-state index in [1.54, 1.807) is 6.07 Å². The van der Waals surface area contributed by atoms with Crippen LogP contribution in [0.5, 0.6) is 0 Å². The molecule has 3 N–H and O–H groups in total. The molecule has 0 unspecified atom stereocenters. The van der Waals surface area contributed by atoms with Gasteiger partial charge in [0.1, 0.15) is 17.2 Å². The molecule has 162 valence electrons. The quantitative estimate of drug-likeness (QED) is 0.626. The van der Waals surface area contributed by atoms with E-state index in [1.165, 1.54) is 12.1 Å². The number of rotatable bonds is 3. The molecule has 2 aromatic carbocycles. The van der Waals surface area contributed by atoms with Crippen LogP contribution in [0, 0.1) is 12.7 Å². The van der Waals surface area contributed by atoms with E-state index in [2.05, 4.69) is 10.3 Å². The highest BCUT2D eigenvalue weighted by molar-refractivity contribution is 5.99. The van der Waals surface area contributed by atoms with E-state index in [0.29, 0.717) is 43.1 Å². The van der Waals surface area contributed by atoms with E-state index in [1.807, 2.05) is 36.7 Å². The standard InChI is InChI=1S/C21H23FN4O2.2ClH/c1-13-3-4-14(19-24-17-12-15(22)5-6-18(17)26(19)2)11-16(13)25-20(27)21(23)7-9-28-10-8-21;;/h3-6,11-12H,7-10,23H2,1-2H3,(H,25,27);2*1H. The zero-order valence-corrected chi connectivity index (χ0v) is 18.4. The van der Waals surface area contributed by atoms with Crippen LogP contribution in [0.3, 0.4) is 0 Å².